The Bertz CT molecular complexity index is 4030. The van der Waals surface area contributed by atoms with Crippen molar-refractivity contribution in [2.24, 2.45) is 0 Å². The summed E-state index contributed by atoms with van der Waals surface area (Å²) in [5.74, 6) is 0.547. The number of fused-ring (bicyclic) bond motifs is 4. The summed E-state index contributed by atoms with van der Waals surface area (Å²) in [7, 11) is 0. The summed E-state index contributed by atoms with van der Waals surface area (Å²) in [6.07, 6.45) is 1.89. The monoisotopic (exact) mass is 1270 g/mol. The number of halogens is 2. The Labute approximate surface area is 499 Å². The van der Waals surface area contributed by atoms with Crippen molar-refractivity contribution in [1.29, 1.82) is 0 Å². The van der Waals surface area contributed by atoms with E-state index in [2.05, 4.69) is 258 Å². The maximum atomic E-state index is 15.7. The van der Waals surface area contributed by atoms with Gasteiger partial charge in [-0.15, -0.1) is 53.6 Å². The first-order valence-corrected chi connectivity index (χ1v) is 28.2. The third-order valence-electron chi connectivity index (χ3n) is 15.8. The molecule has 2 aromatic heterocycles. The fraction of sp³-hybridized carbons (Fsp3) is 0.270. The van der Waals surface area contributed by atoms with Gasteiger partial charge in [-0.1, -0.05) is 182 Å². The summed E-state index contributed by atoms with van der Waals surface area (Å²) in [4.78, 5) is 9.29. The largest absolute Gasteiger partial charge is 0.509 e. The standard InChI is InChI=1S/C74H73F2N4O.Pt/c1-70(2,3)49-30-31-77-68(41-49)80-64-25-19-17-23-59(64)60-29-28-56(44-67(60)80)81-57-37-48(58-22-16-18-24-63(58)74(13,14)15)36-55(43-57)78-45-79(66-27-21-20-26-65(66)78)69-61(46-32-50(71(4,5)6)38-51(33-46)72(7,8)9)39-52(73(10,11)12)40-62(69)47-34-53(75)42-54(76)35-47;/h16-42,45H,1-15H3;/q-3;. The Kier molecular flexibility index (Phi) is 14.9. The van der Waals surface area contributed by atoms with Crippen molar-refractivity contribution in [2.45, 2.75) is 131 Å². The number of benzene rings is 8. The molecule has 0 N–H and O–H groups in total. The van der Waals surface area contributed by atoms with Crippen LogP contribution in [0.5, 0.6) is 11.5 Å². The first kappa shape index (κ1) is 57.9. The molecule has 11 rings (SSSR count). The van der Waals surface area contributed by atoms with Crippen LogP contribution < -0.4 is 14.5 Å². The second-order valence-electron chi connectivity index (χ2n) is 27.1. The summed E-state index contributed by atoms with van der Waals surface area (Å²) in [5.41, 5.74) is 15.1. The van der Waals surface area contributed by atoms with E-state index in [4.69, 9.17) is 9.72 Å². The molecule has 0 amide bonds. The predicted molar refractivity (Wildman–Crippen MR) is 334 cm³/mol. The second-order valence-corrected chi connectivity index (χ2v) is 27.1. The van der Waals surface area contributed by atoms with E-state index in [9.17, 15) is 0 Å². The van der Waals surface area contributed by atoms with Crippen LogP contribution in [0.3, 0.4) is 0 Å². The molecule has 0 atom stereocenters. The van der Waals surface area contributed by atoms with Gasteiger partial charge in [0.05, 0.1) is 0 Å². The van der Waals surface area contributed by atoms with Crippen molar-refractivity contribution in [2.75, 3.05) is 9.80 Å². The van der Waals surface area contributed by atoms with E-state index in [0.717, 1.165) is 84.3 Å². The molecular weight excluding hydrogens is 1190 g/mol. The maximum absolute atomic E-state index is 15.7. The van der Waals surface area contributed by atoms with E-state index in [1.54, 1.807) is 0 Å². The van der Waals surface area contributed by atoms with E-state index in [1.165, 1.54) is 34.4 Å². The zero-order chi connectivity index (χ0) is 57.7. The topological polar surface area (TPSA) is 33.5 Å². The molecule has 8 heteroatoms. The molecule has 8 aromatic carbocycles. The first-order chi connectivity index (χ1) is 38.1. The van der Waals surface area contributed by atoms with E-state index < -0.39 is 11.6 Å². The Hall–Kier alpha value is -7.34. The van der Waals surface area contributed by atoms with Gasteiger partial charge in [-0.05, 0) is 132 Å². The smallest absolute Gasteiger partial charge is 0.135 e. The second kappa shape index (κ2) is 21.1. The number of aromatic nitrogens is 2. The minimum Gasteiger partial charge on any atom is -0.509 e. The molecular formula is C74H73F2N4OPt-3. The number of para-hydroxylation sites is 3. The van der Waals surface area contributed by atoms with Gasteiger partial charge in [0.2, 0.25) is 0 Å². The van der Waals surface area contributed by atoms with Crippen molar-refractivity contribution >= 4 is 44.6 Å². The average Bonchev–Trinajstić information content (AvgIpc) is 2.93. The minimum absolute atomic E-state index is 0. The van der Waals surface area contributed by atoms with Gasteiger partial charge < -0.3 is 19.1 Å². The van der Waals surface area contributed by atoms with Gasteiger partial charge in [0, 0.05) is 78.5 Å². The molecule has 3 heterocycles. The molecule has 0 fully saturated rings. The molecule has 1 aliphatic heterocycles. The van der Waals surface area contributed by atoms with E-state index in [0.29, 0.717) is 22.6 Å². The Balaban J connectivity index is 0.00000753. The molecule has 0 unspecified atom stereocenters. The van der Waals surface area contributed by atoms with Gasteiger partial charge in [0.25, 0.3) is 0 Å². The number of pyridine rings is 1. The maximum Gasteiger partial charge on any atom is 0.135 e. The molecule has 82 heavy (non-hydrogen) atoms. The van der Waals surface area contributed by atoms with Gasteiger partial charge in [-0.25, -0.2) is 13.8 Å². The number of anilines is 4. The van der Waals surface area contributed by atoms with Crippen LogP contribution in [0, 0.1) is 30.4 Å². The van der Waals surface area contributed by atoms with Crippen LogP contribution in [-0.2, 0) is 48.1 Å². The predicted octanol–water partition coefficient (Wildman–Crippen LogP) is 20.7. The van der Waals surface area contributed by atoms with E-state index >= 15 is 8.78 Å². The summed E-state index contributed by atoms with van der Waals surface area (Å²) < 4.78 is 40.7. The van der Waals surface area contributed by atoms with Crippen LogP contribution >= 0.6 is 0 Å². The van der Waals surface area contributed by atoms with Gasteiger partial charge >= 0.3 is 0 Å². The Morgan fingerprint density at radius 3 is 1.62 bits per heavy atom. The molecule has 0 spiro atoms. The molecule has 0 radical (unpaired) electrons. The van der Waals surface area contributed by atoms with Gasteiger partial charge in [-0.2, -0.15) is 6.07 Å². The summed E-state index contributed by atoms with van der Waals surface area (Å²) in [6.45, 7) is 35.5. The van der Waals surface area contributed by atoms with E-state index in [1.807, 2.05) is 24.4 Å². The SMILES string of the molecule is CC(C)(C)c1cc(-c2cc(C(C)(C)C)cc(-c3cc(F)cc(F)c3)c2N2[CH-]N(c3[c-]c(Oc4[c-]c5c(cc4)c4ccccc4n5-c4cc(C(C)(C)C)ccn4)cc(-c4ccccc4C(C)(C)C)c3)c3ccccc32)cc(C(C)(C)C)c1.[Pt]. The normalized spacial score (nSPS) is 13.2. The molecule has 422 valence electrons. The first-order valence-electron chi connectivity index (χ1n) is 28.2. The zero-order valence-corrected chi connectivity index (χ0v) is 52.2. The fourth-order valence-electron chi connectivity index (χ4n) is 11.2. The molecule has 0 aliphatic carbocycles. The third kappa shape index (κ3) is 11.2. The van der Waals surface area contributed by atoms with Crippen molar-refractivity contribution in [1.82, 2.24) is 9.55 Å². The number of rotatable bonds is 8. The fourth-order valence-corrected chi connectivity index (χ4v) is 11.2. The minimum atomic E-state index is -0.644. The van der Waals surface area contributed by atoms with Gasteiger partial charge in [-0.3, -0.25) is 0 Å². The molecule has 5 nitrogen and oxygen atoms in total. The van der Waals surface area contributed by atoms with Gasteiger partial charge in [0.15, 0.2) is 0 Å². The Morgan fingerprint density at radius 1 is 0.451 bits per heavy atom. The molecule has 10 aromatic rings. The molecule has 0 saturated heterocycles. The number of nitrogens with zero attached hydrogens (tertiary/aromatic N) is 4. The quantitative estimate of drug-likeness (QED) is 0.142. The average molecular weight is 1270 g/mol. The molecule has 1 aliphatic rings. The number of hydrogen-bond donors (Lipinski definition) is 0. The van der Waals surface area contributed by atoms with Crippen molar-refractivity contribution < 1.29 is 34.6 Å². The summed E-state index contributed by atoms with van der Waals surface area (Å²) >= 11 is 0. The van der Waals surface area contributed by atoms with Crippen LogP contribution in [0.4, 0.5) is 31.5 Å². The van der Waals surface area contributed by atoms with Crippen LogP contribution in [0.25, 0.3) is 61.0 Å². The zero-order valence-electron chi connectivity index (χ0n) is 49.9. The molecule has 0 bridgehead atoms. The van der Waals surface area contributed by atoms with Crippen molar-refractivity contribution in [3.8, 4) is 50.7 Å². The summed E-state index contributed by atoms with van der Waals surface area (Å²) in [6, 6.07) is 60.5. The van der Waals surface area contributed by atoms with Crippen molar-refractivity contribution in [3.05, 3.63) is 222 Å². The number of ether oxygens (including phenoxy) is 1. The summed E-state index contributed by atoms with van der Waals surface area (Å²) in [5, 5.41) is 2.14. The van der Waals surface area contributed by atoms with Crippen LogP contribution in [0.1, 0.15) is 132 Å². The van der Waals surface area contributed by atoms with Crippen LogP contribution in [0.2, 0.25) is 0 Å². The Morgan fingerprint density at radius 2 is 1.00 bits per heavy atom. The van der Waals surface area contributed by atoms with Crippen molar-refractivity contribution in [3.63, 3.8) is 0 Å². The van der Waals surface area contributed by atoms with Gasteiger partial charge in [0.1, 0.15) is 17.5 Å². The van der Waals surface area contributed by atoms with Crippen LogP contribution in [0.15, 0.2) is 164 Å². The molecule has 0 saturated carbocycles. The number of hydrogen-bond acceptors (Lipinski definition) is 4. The van der Waals surface area contributed by atoms with Crippen LogP contribution in [-0.4, -0.2) is 9.55 Å². The third-order valence-corrected chi connectivity index (χ3v) is 15.8. The van der Waals surface area contributed by atoms with E-state index in [-0.39, 0.29) is 48.1 Å².